The first-order valence-corrected chi connectivity index (χ1v) is 8.11. The van der Waals surface area contributed by atoms with Gasteiger partial charge in [0, 0.05) is 16.2 Å². The molecule has 0 aliphatic rings. The van der Waals surface area contributed by atoms with Crippen LogP contribution in [0.5, 0.6) is 5.88 Å². The number of hydrogen-bond acceptors (Lipinski definition) is 5. The summed E-state index contributed by atoms with van der Waals surface area (Å²) in [4.78, 5) is 8.96. The van der Waals surface area contributed by atoms with Gasteiger partial charge in [0.1, 0.15) is 5.82 Å². The standard InChI is InChI=1S/C14H16BrN3OS/c1-8-7-11(19-2)18-14(17-8)13(20-3)9-5-4-6-10(15)12(9)16/h4-7,13H,16H2,1-3H3. The monoisotopic (exact) mass is 353 g/mol. The van der Waals surface area contributed by atoms with Crippen molar-refractivity contribution in [2.24, 2.45) is 0 Å². The number of aryl methyl sites for hydroxylation is 1. The summed E-state index contributed by atoms with van der Waals surface area (Å²) in [6.45, 7) is 1.93. The molecule has 0 saturated carbocycles. The normalized spacial score (nSPS) is 12.2. The van der Waals surface area contributed by atoms with Crippen LogP contribution < -0.4 is 10.5 Å². The number of nitrogens with two attached hydrogens (primary N) is 1. The van der Waals surface area contributed by atoms with E-state index < -0.39 is 0 Å². The number of nitrogen functional groups attached to an aromatic ring is 1. The molecular weight excluding hydrogens is 338 g/mol. The number of nitrogens with zero attached hydrogens (tertiary/aromatic N) is 2. The SMILES string of the molecule is COc1cc(C)nc(C(SC)c2cccc(Br)c2N)n1. The highest BCUT2D eigenvalue weighted by Crippen LogP contribution is 2.38. The van der Waals surface area contributed by atoms with E-state index in [9.17, 15) is 0 Å². The van der Waals surface area contributed by atoms with E-state index in [1.54, 1.807) is 18.9 Å². The van der Waals surface area contributed by atoms with Crippen molar-refractivity contribution in [3.05, 3.63) is 45.8 Å². The molecule has 0 aliphatic carbocycles. The number of anilines is 1. The van der Waals surface area contributed by atoms with E-state index in [1.807, 2.05) is 37.4 Å². The zero-order valence-corrected chi connectivity index (χ0v) is 14.0. The summed E-state index contributed by atoms with van der Waals surface area (Å²) >= 11 is 5.10. The van der Waals surface area contributed by atoms with Crippen molar-refractivity contribution in [3.8, 4) is 5.88 Å². The Balaban J connectivity index is 2.52. The van der Waals surface area contributed by atoms with Crippen LogP contribution in [0.4, 0.5) is 5.69 Å². The van der Waals surface area contributed by atoms with Gasteiger partial charge in [-0.15, -0.1) is 11.8 Å². The average Bonchev–Trinajstić information content (AvgIpc) is 2.43. The van der Waals surface area contributed by atoms with Crippen LogP contribution in [0.3, 0.4) is 0 Å². The maximum Gasteiger partial charge on any atom is 0.216 e. The summed E-state index contributed by atoms with van der Waals surface area (Å²) in [7, 11) is 1.60. The van der Waals surface area contributed by atoms with Crippen molar-refractivity contribution >= 4 is 33.4 Å². The summed E-state index contributed by atoms with van der Waals surface area (Å²) in [5.41, 5.74) is 8.75. The Kier molecular flexibility index (Phi) is 4.88. The van der Waals surface area contributed by atoms with Gasteiger partial charge in [-0.05, 0) is 40.7 Å². The molecule has 0 amide bonds. The molecule has 2 aromatic rings. The molecule has 20 heavy (non-hydrogen) atoms. The van der Waals surface area contributed by atoms with Gasteiger partial charge < -0.3 is 10.5 Å². The van der Waals surface area contributed by atoms with E-state index in [2.05, 4.69) is 25.9 Å². The fraction of sp³-hybridized carbons (Fsp3) is 0.286. The summed E-state index contributed by atoms with van der Waals surface area (Å²) in [6.07, 6.45) is 2.02. The Morgan fingerprint density at radius 2 is 2.10 bits per heavy atom. The zero-order valence-electron chi connectivity index (χ0n) is 11.6. The largest absolute Gasteiger partial charge is 0.481 e. The number of para-hydroxylation sites is 1. The van der Waals surface area contributed by atoms with Crippen molar-refractivity contribution in [2.45, 2.75) is 12.2 Å². The van der Waals surface area contributed by atoms with E-state index >= 15 is 0 Å². The molecule has 2 rings (SSSR count). The Morgan fingerprint density at radius 3 is 2.75 bits per heavy atom. The molecule has 0 bridgehead atoms. The van der Waals surface area contributed by atoms with Crippen LogP contribution in [0.1, 0.15) is 22.3 Å². The van der Waals surface area contributed by atoms with E-state index in [0.29, 0.717) is 11.7 Å². The molecule has 106 valence electrons. The summed E-state index contributed by atoms with van der Waals surface area (Å²) < 4.78 is 6.10. The molecule has 6 heteroatoms. The molecule has 1 atom stereocenters. The van der Waals surface area contributed by atoms with E-state index in [-0.39, 0.29) is 5.25 Å². The lowest BCUT2D eigenvalue weighted by atomic mass is 10.1. The van der Waals surface area contributed by atoms with E-state index in [4.69, 9.17) is 10.5 Å². The molecule has 2 N–H and O–H groups in total. The molecule has 1 aromatic heterocycles. The molecule has 0 saturated heterocycles. The van der Waals surface area contributed by atoms with E-state index in [1.165, 1.54) is 0 Å². The fourth-order valence-corrected chi connectivity index (χ4v) is 3.09. The maximum atomic E-state index is 6.16. The van der Waals surface area contributed by atoms with Crippen LogP contribution in [0.15, 0.2) is 28.7 Å². The van der Waals surface area contributed by atoms with Gasteiger partial charge >= 0.3 is 0 Å². The lowest BCUT2D eigenvalue weighted by Crippen LogP contribution is -2.07. The van der Waals surface area contributed by atoms with Gasteiger partial charge in [0.05, 0.1) is 18.0 Å². The molecular formula is C14H16BrN3OS. The van der Waals surface area contributed by atoms with Crippen LogP contribution in [0.25, 0.3) is 0 Å². The summed E-state index contributed by atoms with van der Waals surface area (Å²) in [5, 5.41) is -0.0266. The number of hydrogen-bond donors (Lipinski definition) is 1. The fourth-order valence-electron chi connectivity index (χ4n) is 1.94. The van der Waals surface area contributed by atoms with Crippen molar-refractivity contribution in [3.63, 3.8) is 0 Å². The third kappa shape index (κ3) is 3.07. The lowest BCUT2D eigenvalue weighted by Gasteiger charge is -2.17. The highest BCUT2D eigenvalue weighted by molar-refractivity contribution is 9.10. The minimum atomic E-state index is -0.0266. The number of rotatable bonds is 4. The second-order valence-electron chi connectivity index (χ2n) is 4.27. The lowest BCUT2D eigenvalue weighted by molar-refractivity contribution is 0.394. The minimum Gasteiger partial charge on any atom is -0.481 e. The number of benzene rings is 1. The number of aromatic nitrogens is 2. The Hall–Kier alpha value is -1.27. The highest BCUT2D eigenvalue weighted by Gasteiger charge is 2.20. The van der Waals surface area contributed by atoms with Crippen molar-refractivity contribution in [1.82, 2.24) is 9.97 Å². The predicted octanol–water partition coefficient (Wildman–Crippen LogP) is 3.59. The zero-order chi connectivity index (χ0) is 14.7. The third-order valence-electron chi connectivity index (χ3n) is 2.90. The average molecular weight is 354 g/mol. The topological polar surface area (TPSA) is 61.0 Å². The Labute approximate surface area is 131 Å². The smallest absolute Gasteiger partial charge is 0.216 e. The molecule has 1 aromatic carbocycles. The molecule has 4 nitrogen and oxygen atoms in total. The molecule has 0 radical (unpaired) electrons. The second kappa shape index (κ2) is 6.45. The Bertz CT molecular complexity index is 621. The molecule has 1 heterocycles. The maximum absolute atomic E-state index is 6.16. The molecule has 0 aliphatic heterocycles. The third-order valence-corrected chi connectivity index (χ3v) is 4.52. The van der Waals surface area contributed by atoms with Gasteiger partial charge in [0.25, 0.3) is 0 Å². The van der Waals surface area contributed by atoms with Crippen LogP contribution in [-0.4, -0.2) is 23.3 Å². The van der Waals surface area contributed by atoms with Crippen LogP contribution in [0.2, 0.25) is 0 Å². The van der Waals surface area contributed by atoms with Gasteiger partial charge in [-0.1, -0.05) is 12.1 Å². The highest BCUT2D eigenvalue weighted by atomic mass is 79.9. The summed E-state index contributed by atoms with van der Waals surface area (Å²) in [5.74, 6) is 1.28. The number of thioether (sulfide) groups is 1. The van der Waals surface area contributed by atoms with Crippen molar-refractivity contribution < 1.29 is 4.74 Å². The van der Waals surface area contributed by atoms with Gasteiger partial charge in [-0.3, -0.25) is 0 Å². The molecule has 0 fully saturated rings. The Morgan fingerprint density at radius 1 is 1.35 bits per heavy atom. The van der Waals surface area contributed by atoms with Crippen molar-refractivity contribution in [2.75, 3.05) is 19.1 Å². The number of methoxy groups -OCH3 is 1. The minimum absolute atomic E-state index is 0.0266. The van der Waals surface area contributed by atoms with Gasteiger partial charge in [0.2, 0.25) is 5.88 Å². The van der Waals surface area contributed by atoms with Crippen LogP contribution in [0, 0.1) is 6.92 Å². The predicted molar refractivity (Wildman–Crippen MR) is 87.2 cm³/mol. The van der Waals surface area contributed by atoms with Crippen LogP contribution >= 0.6 is 27.7 Å². The van der Waals surface area contributed by atoms with Gasteiger partial charge in [-0.25, -0.2) is 4.98 Å². The van der Waals surface area contributed by atoms with Gasteiger partial charge in [0.15, 0.2) is 0 Å². The number of ether oxygens (including phenoxy) is 1. The van der Waals surface area contributed by atoms with E-state index in [0.717, 1.165) is 21.4 Å². The molecule has 0 spiro atoms. The first-order chi connectivity index (χ1) is 9.56. The first kappa shape index (κ1) is 15.1. The molecule has 1 unspecified atom stereocenters. The van der Waals surface area contributed by atoms with Gasteiger partial charge in [-0.2, -0.15) is 4.98 Å². The number of halogens is 1. The quantitative estimate of drug-likeness (QED) is 0.851. The van der Waals surface area contributed by atoms with Crippen molar-refractivity contribution in [1.29, 1.82) is 0 Å². The van der Waals surface area contributed by atoms with Crippen LogP contribution in [-0.2, 0) is 0 Å². The summed E-state index contributed by atoms with van der Waals surface area (Å²) in [6, 6.07) is 7.70. The first-order valence-electron chi connectivity index (χ1n) is 6.03. The second-order valence-corrected chi connectivity index (χ2v) is 6.07.